The van der Waals surface area contributed by atoms with Crippen molar-refractivity contribution in [2.24, 2.45) is 0 Å². The number of halogens is 1. The third kappa shape index (κ3) is 3.62. The van der Waals surface area contributed by atoms with Gasteiger partial charge in [0.25, 0.3) is 0 Å². The lowest BCUT2D eigenvalue weighted by Gasteiger charge is -2.27. The Bertz CT molecular complexity index is 530. The third-order valence-electron chi connectivity index (χ3n) is 3.54. The van der Waals surface area contributed by atoms with Crippen molar-refractivity contribution in [3.8, 4) is 0 Å². The molecule has 0 fully saturated rings. The number of nitrogens with zero attached hydrogens (tertiary/aromatic N) is 2. The van der Waals surface area contributed by atoms with Crippen LogP contribution in [0, 0.1) is 5.82 Å². The van der Waals surface area contributed by atoms with E-state index in [1.54, 1.807) is 18.3 Å². The molecule has 106 valence electrons. The van der Waals surface area contributed by atoms with Gasteiger partial charge in [-0.1, -0.05) is 18.2 Å². The fourth-order valence-electron chi connectivity index (χ4n) is 2.10. The smallest absolute Gasteiger partial charge is 0.123 e. The number of benzene rings is 1. The van der Waals surface area contributed by atoms with Gasteiger partial charge in [0.15, 0.2) is 0 Å². The molecule has 0 amide bonds. The van der Waals surface area contributed by atoms with Gasteiger partial charge >= 0.3 is 0 Å². The summed E-state index contributed by atoms with van der Waals surface area (Å²) < 4.78 is 12.9. The highest BCUT2D eigenvalue weighted by atomic mass is 19.1. The van der Waals surface area contributed by atoms with Crippen molar-refractivity contribution in [2.75, 3.05) is 13.6 Å². The van der Waals surface area contributed by atoms with Gasteiger partial charge in [-0.25, -0.2) is 4.39 Å². The first-order chi connectivity index (χ1) is 9.58. The fraction of sp³-hybridized carbons (Fsp3) is 0.312. The van der Waals surface area contributed by atoms with Gasteiger partial charge < -0.3 is 5.11 Å². The minimum absolute atomic E-state index is 0.152. The number of rotatable bonds is 5. The largest absolute Gasteiger partial charge is 0.387 e. The second kappa shape index (κ2) is 6.59. The highest BCUT2D eigenvalue weighted by molar-refractivity contribution is 5.19. The summed E-state index contributed by atoms with van der Waals surface area (Å²) in [4.78, 5) is 6.15. The minimum Gasteiger partial charge on any atom is -0.387 e. The Morgan fingerprint density at radius 3 is 2.50 bits per heavy atom. The summed E-state index contributed by atoms with van der Waals surface area (Å²) in [6.45, 7) is 2.54. The van der Waals surface area contributed by atoms with Crippen LogP contribution in [0.1, 0.15) is 30.2 Å². The van der Waals surface area contributed by atoms with Crippen molar-refractivity contribution >= 4 is 0 Å². The topological polar surface area (TPSA) is 36.4 Å². The van der Waals surface area contributed by atoms with Crippen LogP contribution in [0.2, 0.25) is 0 Å². The molecular weight excluding hydrogens is 255 g/mol. The summed E-state index contributed by atoms with van der Waals surface area (Å²) >= 11 is 0. The zero-order chi connectivity index (χ0) is 14.5. The van der Waals surface area contributed by atoms with Crippen LogP contribution in [0.25, 0.3) is 0 Å². The molecule has 0 radical (unpaired) electrons. The SMILES string of the molecule is CC(c1cccnc1)N(C)CC(O)c1ccc(F)cc1. The summed E-state index contributed by atoms with van der Waals surface area (Å²) in [6, 6.07) is 10.0. The Balaban J connectivity index is 2.00. The van der Waals surface area contributed by atoms with E-state index in [1.165, 1.54) is 12.1 Å². The predicted molar refractivity (Wildman–Crippen MR) is 76.6 cm³/mol. The van der Waals surface area contributed by atoms with Gasteiger partial charge in [0.2, 0.25) is 0 Å². The first kappa shape index (κ1) is 14.6. The number of pyridine rings is 1. The molecule has 0 bridgehead atoms. The molecular formula is C16H19FN2O. The summed E-state index contributed by atoms with van der Waals surface area (Å²) in [5, 5.41) is 10.2. The molecule has 2 aromatic rings. The zero-order valence-corrected chi connectivity index (χ0v) is 11.7. The van der Waals surface area contributed by atoms with E-state index in [9.17, 15) is 9.50 Å². The second-order valence-electron chi connectivity index (χ2n) is 4.97. The van der Waals surface area contributed by atoms with Gasteiger partial charge in [-0.05, 0) is 43.3 Å². The average molecular weight is 274 g/mol. The van der Waals surface area contributed by atoms with E-state index in [2.05, 4.69) is 11.9 Å². The van der Waals surface area contributed by atoms with Crippen molar-refractivity contribution in [1.82, 2.24) is 9.88 Å². The van der Waals surface area contributed by atoms with E-state index in [0.29, 0.717) is 6.54 Å². The van der Waals surface area contributed by atoms with E-state index in [0.717, 1.165) is 11.1 Å². The normalized spacial score (nSPS) is 14.2. The maximum Gasteiger partial charge on any atom is 0.123 e. The van der Waals surface area contributed by atoms with Gasteiger partial charge in [-0.3, -0.25) is 9.88 Å². The quantitative estimate of drug-likeness (QED) is 0.910. The number of aromatic nitrogens is 1. The maximum absolute atomic E-state index is 12.9. The lowest BCUT2D eigenvalue weighted by atomic mass is 10.1. The standard InChI is InChI=1S/C16H19FN2O/c1-12(14-4-3-9-18-10-14)19(2)11-16(20)13-5-7-15(17)8-6-13/h3-10,12,16,20H,11H2,1-2H3. The molecule has 0 spiro atoms. The predicted octanol–water partition coefficient (Wildman–Crippen LogP) is 2.95. The Hall–Kier alpha value is -1.78. The monoisotopic (exact) mass is 274 g/mol. The van der Waals surface area contributed by atoms with E-state index in [1.807, 2.05) is 30.3 Å². The summed E-state index contributed by atoms with van der Waals surface area (Å²) in [6.07, 6.45) is 2.93. The molecule has 0 aliphatic heterocycles. The van der Waals surface area contributed by atoms with Gasteiger partial charge in [0, 0.05) is 25.0 Å². The van der Waals surface area contributed by atoms with Gasteiger partial charge in [0.1, 0.15) is 5.82 Å². The first-order valence-electron chi connectivity index (χ1n) is 6.61. The second-order valence-corrected chi connectivity index (χ2v) is 4.97. The minimum atomic E-state index is -0.639. The molecule has 2 unspecified atom stereocenters. The van der Waals surface area contributed by atoms with Crippen LogP contribution in [-0.4, -0.2) is 28.6 Å². The van der Waals surface area contributed by atoms with E-state index in [4.69, 9.17) is 0 Å². The molecule has 2 atom stereocenters. The Morgan fingerprint density at radius 2 is 1.90 bits per heavy atom. The Kier molecular flexibility index (Phi) is 4.82. The molecule has 0 saturated heterocycles. The van der Waals surface area contributed by atoms with Crippen molar-refractivity contribution in [2.45, 2.75) is 19.1 Å². The number of aliphatic hydroxyl groups is 1. The zero-order valence-electron chi connectivity index (χ0n) is 11.7. The lowest BCUT2D eigenvalue weighted by Crippen LogP contribution is -2.27. The van der Waals surface area contributed by atoms with Crippen LogP contribution in [0.3, 0.4) is 0 Å². The highest BCUT2D eigenvalue weighted by Crippen LogP contribution is 2.21. The maximum atomic E-state index is 12.9. The van der Waals surface area contributed by atoms with Crippen molar-refractivity contribution in [3.63, 3.8) is 0 Å². The fourth-order valence-corrected chi connectivity index (χ4v) is 2.10. The molecule has 1 aromatic heterocycles. The molecule has 0 aliphatic rings. The molecule has 2 rings (SSSR count). The average Bonchev–Trinajstić information content (AvgIpc) is 2.48. The highest BCUT2D eigenvalue weighted by Gasteiger charge is 2.16. The van der Waals surface area contributed by atoms with Crippen LogP contribution in [0.4, 0.5) is 4.39 Å². The van der Waals surface area contributed by atoms with Crippen LogP contribution >= 0.6 is 0 Å². The third-order valence-corrected chi connectivity index (χ3v) is 3.54. The molecule has 3 nitrogen and oxygen atoms in total. The van der Waals surface area contributed by atoms with Crippen LogP contribution < -0.4 is 0 Å². The molecule has 0 saturated carbocycles. The molecule has 1 aromatic carbocycles. The Labute approximate surface area is 118 Å². The van der Waals surface area contributed by atoms with Crippen molar-refractivity contribution in [1.29, 1.82) is 0 Å². The van der Waals surface area contributed by atoms with Crippen LogP contribution in [-0.2, 0) is 0 Å². The number of hydrogen-bond donors (Lipinski definition) is 1. The molecule has 0 aliphatic carbocycles. The van der Waals surface area contributed by atoms with Crippen LogP contribution in [0.15, 0.2) is 48.8 Å². The van der Waals surface area contributed by atoms with E-state index < -0.39 is 6.10 Å². The molecule has 1 heterocycles. The molecule has 20 heavy (non-hydrogen) atoms. The number of likely N-dealkylation sites (N-methyl/N-ethyl adjacent to an activating group) is 1. The summed E-state index contributed by atoms with van der Waals surface area (Å²) in [5.41, 5.74) is 1.82. The van der Waals surface area contributed by atoms with Crippen LogP contribution in [0.5, 0.6) is 0 Å². The van der Waals surface area contributed by atoms with Gasteiger partial charge in [0.05, 0.1) is 6.10 Å². The first-order valence-corrected chi connectivity index (χ1v) is 6.61. The molecule has 1 N–H and O–H groups in total. The lowest BCUT2D eigenvalue weighted by molar-refractivity contribution is 0.108. The number of aliphatic hydroxyl groups excluding tert-OH is 1. The summed E-state index contributed by atoms with van der Waals surface area (Å²) in [7, 11) is 1.95. The van der Waals surface area contributed by atoms with Gasteiger partial charge in [-0.15, -0.1) is 0 Å². The van der Waals surface area contributed by atoms with E-state index in [-0.39, 0.29) is 11.9 Å². The Morgan fingerprint density at radius 1 is 1.20 bits per heavy atom. The van der Waals surface area contributed by atoms with Gasteiger partial charge in [-0.2, -0.15) is 0 Å². The van der Waals surface area contributed by atoms with Crippen molar-refractivity contribution in [3.05, 3.63) is 65.7 Å². The molecule has 4 heteroatoms. The van der Waals surface area contributed by atoms with E-state index >= 15 is 0 Å². The summed E-state index contributed by atoms with van der Waals surface area (Å²) in [5.74, 6) is -0.293. The number of hydrogen-bond acceptors (Lipinski definition) is 3. The van der Waals surface area contributed by atoms with Crippen molar-refractivity contribution < 1.29 is 9.50 Å².